The lowest BCUT2D eigenvalue weighted by Crippen LogP contribution is -2.02. The molecular formula is C8H19O4PS. The van der Waals surface area contributed by atoms with Crippen LogP contribution < -0.4 is 0 Å². The highest BCUT2D eigenvalue weighted by Crippen LogP contribution is 2.41. The molecule has 0 aromatic carbocycles. The van der Waals surface area contributed by atoms with Crippen LogP contribution >= 0.6 is 19.9 Å². The van der Waals surface area contributed by atoms with E-state index in [9.17, 15) is 4.57 Å². The van der Waals surface area contributed by atoms with Gasteiger partial charge in [-0.25, -0.2) is 8.54 Å². The monoisotopic (exact) mass is 242 g/mol. The number of phosphoric acid groups is 1. The van der Waals surface area contributed by atoms with Gasteiger partial charge in [-0.15, -0.1) is 0 Å². The van der Waals surface area contributed by atoms with Gasteiger partial charge in [0, 0.05) is 17.8 Å². The van der Waals surface area contributed by atoms with Gasteiger partial charge >= 0.3 is 7.82 Å². The second-order valence-corrected chi connectivity index (χ2v) is 5.41. The molecule has 0 fully saturated rings. The predicted molar refractivity (Wildman–Crippen MR) is 58.9 cm³/mol. The molecule has 0 saturated heterocycles. The summed E-state index contributed by atoms with van der Waals surface area (Å²) in [4.78, 5) is 16.9. The van der Waals surface area contributed by atoms with Crippen LogP contribution in [0.5, 0.6) is 0 Å². The zero-order valence-electron chi connectivity index (χ0n) is 8.68. The Bertz CT molecular complexity index is 182. The molecule has 0 rings (SSSR count). The van der Waals surface area contributed by atoms with Gasteiger partial charge in [0.1, 0.15) is 0 Å². The average molecular weight is 242 g/mol. The van der Waals surface area contributed by atoms with E-state index in [4.69, 9.17) is 9.79 Å². The van der Waals surface area contributed by atoms with Crippen molar-refractivity contribution >= 4 is 19.9 Å². The Morgan fingerprint density at radius 3 is 2.50 bits per heavy atom. The van der Waals surface area contributed by atoms with Gasteiger partial charge in [-0.3, -0.25) is 0 Å². The fourth-order valence-electron chi connectivity index (χ4n) is 1.09. The van der Waals surface area contributed by atoms with Gasteiger partial charge in [-0.05, 0) is 12.3 Å². The molecule has 1 atom stereocenters. The number of rotatable bonds is 8. The summed E-state index contributed by atoms with van der Waals surface area (Å²) in [6.45, 7) is 4.21. The van der Waals surface area contributed by atoms with Crippen LogP contribution in [0.25, 0.3) is 0 Å². The molecule has 0 aliphatic carbocycles. The minimum Gasteiger partial charge on any atom is -0.302 e. The SMILES string of the molecule is CCCCC(CC)CSOP(=O)(O)O. The third-order valence-corrected chi connectivity index (χ3v) is 3.80. The summed E-state index contributed by atoms with van der Waals surface area (Å²) < 4.78 is 14.7. The van der Waals surface area contributed by atoms with E-state index in [1.54, 1.807) is 0 Å². The number of unbranched alkanes of at least 4 members (excludes halogenated alkanes) is 1. The first-order valence-electron chi connectivity index (χ1n) is 4.86. The van der Waals surface area contributed by atoms with Crippen LogP contribution in [0, 0.1) is 5.92 Å². The molecule has 4 nitrogen and oxygen atoms in total. The smallest absolute Gasteiger partial charge is 0.302 e. The Morgan fingerprint density at radius 2 is 2.07 bits per heavy atom. The first-order valence-corrected chi connectivity index (χ1v) is 7.30. The highest BCUT2D eigenvalue weighted by Gasteiger charge is 2.16. The average Bonchev–Trinajstić information content (AvgIpc) is 2.09. The molecule has 0 radical (unpaired) electrons. The summed E-state index contributed by atoms with van der Waals surface area (Å²) >= 11 is 0.880. The zero-order chi connectivity index (χ0) is 11.0. The molecule has 0 heterocycles. The van der Waals surface area contributed by atoms with E-state index in [1.807, 2.05) is 0 Å². The van der Waals surface area contributed by atoms with E-state index in [0.717, 1.165) is 37.7 Å². The summed E-state index contributed by atoms with van der Waals surface area (Å²) in [6.07, 6.45) is 4.44. The van der Waals surface area contributed by atoms with Crippen molar-refractivity contribution in [3.05, 3.63) is 0 Å². The maximum Gasteiger partial charge on any atom is 0.480 e. The zero-order valence-corrected chi connectivity index (χ0v) is 10.4. The van der Waals surface area contributed by atoms with E-state index < -0.39 is 7.82 Å². The fourth-order valence-corrected chi connectivity index (χ4v) is 2.48. The second-order valence-electron chi connectivity index (χ2n) is 3.27. The van der Waals surface area contributed by atoms with Crippen molar-refractivity contribution in [2.75, 3.05) is 5.75 Å². The van der Waals surface area contributed by atoms with E-state index in [0.29, 0.717) is 11.7 Å². The maximum atomic E-state index is 10.4. The van der Waals surface area contributed by atoms with Crippen molar-refractivity contribution in [2.24, 2.45) is 5.92 Å². The Labute approximate surface area is 89.9 Å². The normalized spacial score (nSPS) is 14.3. The minimum atomic E-state index is -4.30. The molecular weight excluding hydrogens is 223 g/mol. The Morgan fingerprint density at radius 1 is 1.43 bits per heavy atom. The van der Waals surface area contributed by atoms with E-state index >= 15 is 0 Å². The van der Waals surface area contributed by atoms with E-state index in [2.05, 4.69) is 17.8 Å². The number of hydrogen-bond acceptors (Lipinski definition) is 3. The van der Waals surface area contributed by atoms with Gasteiger partial charge < -0.3 is 9.79 Å². The lowest BCUT2D eigenvalue weighted by molar-refractivity contribution is 0.298. The second kappa shape index (κ2) is 7.71. The van der Waals surface area contributed by atoms with Crippen molar-refractivity contribution in [2.45, 2.75) is 39.5 Å². The highest BCUT2D eigenvalue weighted by atomic mass is 32.2. The molecule has 0 spiro atoms. The molecule has 0 saturated carbocycles. The van der Waals surface area contributed by atoms with Crippen LogP contribution in [0.1, 0.15) is 39.5 Å². The lowest BCUT2D eigenvalue weighted by Gasteiger charge is -2.13. The van der Waals surface area contributed by atoms with Gasteiger partial charge in [-0.1, -0.05) is 33.1 Å². The van der Waals surface area contributed by atoms with Crippen LogP contribution in [0.4, 0.5) is 0 Å². The number of hydrogen-bond donors (Lipinski definition) is 2. The first-order chi connectivity index (χ1) is 6.49. The first kappa shape index (κ1) is 14.5. The van der Waals surface area contributed by atoms with Gasteiger partial charge in [0.05, 0.1) is 0 Å². The highest BCUT2D eigenvalue weighted by molar-refractivity contribution is 7.97. The van der Waals surface area contributed by atoms with E-state index in [1.165, 1.54) is 0 Å². The largest absolute Gasteiger partial charge is 0.480 e. The fraction of sp³-hybridized carbons (Fsp3) is 1.00. The third-order valence-electron chi connectivity index (χ3n) is 2.00. The molecule has 0 amide bonds. The summed E-state index contributed by atoms with van der Waals surface area (Å²) in [5, 5.41) is 0. The minimum absolute atomic E-state index is 0.492. The third kappa shape index (κ3) is 9.03. The molecule has 1 unspecified atom stereocenters. The molecule has 2 N–H and O–H groups in total. The van der Waals surface area contributed by atoms with Crippen LogP contribution in [0.3, 0.4) is 0 Å². The Kier molecular flexibility index (Phi) is 7.97. The molecule has 0 aromatic heterocycles. The maximum absolute atomic E-state index is 10.4. The summed E-state index contributed by atoms with van der Waals surface area (Å²) in [5.41, 5.74) is 0. The van der Waals surface area contributed by atoms with Gasteiger partial charge in [-0.2, -0.15) is 0 Å². The summed E-state index contributed by atoms with van der Waals surface area (Å²) in [5.74, 6) is 1.15. The van der Waals surface area contributed by atoms with Crippen LogP contribution in [-0.2, 0) is 8.54 Å². The molecule has 0 aliphatic rings. The molecule has 0 bridgehead atoms. The van der Waals surface area contributed by atoms with Gasteiger partial charge in [0.2, 0.25) is 0 Å². The van der Waals surface area contributed by atoms with Crippen LogP contribution in [0.2, 0.25) is 0 Å². The standard InChI is InChI=1S/C8H19O4PS/c1-3-5-6-8(4-2)7-14-12-13(9,10)11/h8H,3-7H2,1-2H3,(H2,9,10,11). The molecule has 86 valence electrons. The van der Waals surface area contributed by atoms with E-state index in [-0.39, 0.29) is 0 Å². The molecule has 0 aliphatic heterocycles. The van der Waals surface area contributed by atoms with Crippen molar-refractivity contribution in [1.82, 2.24) is 0 Å². The predicted octanol–water partition coefficient (Wildman–Crippen LogP) is 2.96. The topological polar surface area (TPSA) is 66.8 Å². The van der Waals surface area contributed by atoms with Crippen LogP contribution in [0.15, 0.2) is 0 Å². The van der Waals surface area contributed by atoms with Crippen molar-refractivity contribution in [3.63, 3.8) is 0 Å². The molecule has 6 heteroatoms. The van der Waals surface area contributed by atoms with Crippen LogP contribution in [-0.4, -0.2) is 15.5 Å². The van der Waals surface area contributed by atoms with Crippen molar-refractivity contribution in [3.8, 4) is 0 Å². The Balaban J connectivity index is 3.57. The van der Waals surface area contributed by atoms with Gasteiger partial charge in [0.25, 0.3) is 0 Å². The Hall–Kier alpha value is 0.460. The van der Waals surface area contributed by atoms with Gasteiger partial charge in [0.15, 0.2) is 0 Å². The molecule has 0 aromatic rings. The lowest BCUT2D eigenvalue weighted by atomic mass is 10.0. The molecule has 14 heavy (non-hydrogen) atoms. The van der Waals surface area contributed by atoms with Crippen molar-refractivity contribution in [1.29, 1.82) is 0 Å². The quantitative estimate of drug-likeness (QED) is 0.506. The van der Waals surface area contributed by atoms with Crippen molar-refractivity contribution < 1.29 is 18.3 Å². The summed E-state index contributed by atoms with van der Waals surface area (Å²) in [7, 11) is -4.30. The summed E-state index contributed by atoms with van der Waals surface area (Å²) in [6, 6.07) is 0.